The quantitative estimate of drug-likeness (QED) is 0.862. The average Bonchev–Trinajstić information content (AvgIpc) is 2.76. The summed E-state index contributed by atoms with van der Waals surface area (Å²) in [5, 5.41) is 0. The van der Waals surface area contributed by atoms with Gasteiger partial charge in [-0.2, -0.15) is 11.8 Å². The third-order valence-electron chi connectivity index (χ3n) is 3.98. The van der Waals surface area contributed by atoms with Crippen molar-refractivity contribution in [2.45, 2.75) is 12.5 Å². The highest BCUT2D eigenvalue weighted by Crippen LogP contribution is 2.19. The molecular weight excluding hydrogens is 270 g/mol. The van der Waals surface area contributed by atoms with Crippen molar-refractivity contribution in [3.05, 3.63) is 30.1 Å². The van der Waals surface area contributed by atoms with Crippen LogP contribution >= 0.6 is 11.8 Å². The second-order valence-electron chi connectivity index (χ2n) is 5.29. The highest BCUT2D eigenvalue weighted by atomic mass is 32.2. The number of aryl methyl sites for hydroxylation is 1. The van der Waals surface area contributed by atoms with Gasteiger partial charge in [0.25, 0.3) is 0 Å². The molecule has 5 heteroatoms. The van der Waals surface area contributed by atoms with Gasteiger partial charge in [0, 0.05) is 25.1 Å². The molecule has 0 bridgehead atoms. The van der Waals surface area contributed by atoms with Gasteiger partial charge in [-0.3, -0.25) is 9.69 Å². The van der Waals surface area contributed by atoms with Gasteiger partial charge in [0.1, 0.15) is 5.82 Å². The van der Waals surface area contributed by atoms with Crippen LogP contribution < -0.4 is 0 Å². The zero-order valence-corrected chi connectivity index (χ0v) is 12.7. The summed E-state index contributed by atoms with van der Waals surface area (Å²) in [6.45, 7) is 0.990. The Bertz CT molecular complexity index is 637. The number of likely N-dealkylation sites (N-methyl/N-ethyl adjacent to an activating group) is 1. The Labute approximate surface area is 123 Å². The maximum Gasteiger partial charge on any atom is 0.158 e. The summed E-state index contributed by atoms with van der Waals surface area (Å²) in [4.78, 5) is 19.3. The molecule has 1 aliphatic heterocycles. The number of nitrogens with zero attached hydrogens (tertiary/aromatic N) is 3. The Kier molecular flexibility index (Phi) is 3.81. The summed E-state index contributed by atoms with van der Waals surface area (Å²) < 4.78 is 2.03. The molecule has 2 aromatic rings. The van der Waals surface area contributed by atoms with Crippen LogP contribution in [0, 0.1) is 0 Å². The third kappa shape index (κ3) is 2.47. The van der Waals surface area contributed by atoms with E-state index in [2.05, 4.69) is 9.88 Å². The second-order valence-corrected chi connectivity index (χ2v) is 6.44. The van der Waals surface area contributed by atoms with E-state index in [0.29, 0.717) is 6.42 Å². The topological polar surface area (TPSA) is 38.1 Å². The van der Waals surface area contributed by atoms with E-state index in [-0.39, 0.29) is 11.8 Å². The molecule has 1 aromatic carbocycles. The Balaban J connectivity index is 1.82. The lowest BCUT2D eigenvalue weighted by Crippen LogP contribution is -2.45. The van der Waals surface area contributed by atoms with Crippen molar-refractivity contribution in [1.29, 1.82) is 0 Å². The molecule has 106 valence electrons. The zero-order chi connectivity index (χ0) is 14.1. The Hall–Kier alpha value is -1.33. The van der Waals surface area contributed by atoms with Crippen LogP contribution in [0.3, 0.4) is 0 Å². The van der Waals surface area contributed by atoms with Crippen molar-refractivity contribution in [2.75, 3.05) is 25.1 Å². The van der Waals surface area contributed by atoms with Crippen LogP contribution in [-0.2, 0) is 18.3 Å². The van der Waals surface area contributed by atoms with Gasteiger partial charge in [-0.25, -0.2) is 4.98 Å². The van der Waals surface area contributed by atoms with E-state index < -0.39 is 0 Å². The molecule has 4 nitrogen and oxygen atoms in total. The van der Waals surface area contributed by atoms with E-state index in [1.165, 1.54) is 0 Å². The van der Waals surface area contributed by atoms with Crippen molar-refractivity contribution in [1.82, 2.24) is 14.5 Å². The molecular formula is C15H19N3OS. The zero-order valence-electron chi connectivity index (χ0n) is 11.9. The maximum atomic E-state index is 12.5. The molecule has 1 aromatic heterocycles. The summed E-state index contributed by atoms with van der Waals surface area (Å²) in [7, 11) is 4.02. The van der Waals surface area contributed by atoms with E-state index in [9.17, 15) is 4.79 Å². The molecule has 1 atom stereocenters. The Morgan fingerprint density at radius 1 is 1.40 bits per heavy atom. The number of fused-ring (bicyclic) bond motifs is 1. The molecule has 0 amide bonds. The lowest BCUT2D eigenvalue weighted by atomic mass is 10.1. The number of aromatic nitrogens is 2. The van der Waals surface area contributed by atoms with Gasteiger partial charge in [-0.05, 0) is 19.2 Å². The molecule has 0 aliphatic carbocycles. The number of ketones is 1. The summed E-state index contributed by atoms with van der Waals surface area (Å²) in [6.07, 6.45) is 0.417. The van der Waals surface area contributed by atoms with Gasteiger partial charge in [-0.1, -0.05) is 12.1 Å². The van der Waals surface area contributed by atoms with E-state index >= 15 is 0 Å². The molecule has 1 aliphatic rings. The van der Waals surface area contributed by atoms with Crippen LogP contribution in [0.2, 0.25) is 0 Å². The fourth-order valence-electron chi connectivity index (χ4n) is 2.65. The van der Waals surface area contributed by atoms with E-state index in [0.717, 1.165) is 34.9 Å². The molecule has 0 saturated carbocycles. The van der Waals surface area contributed by atoms with Crippen LogP contribution in [0.15, 0.2) is 24.3 Å². The number of hydrogen-bond acceptors (Lipinski definition) is 4. The van der Waals surface area contributed by atoms with Crippen molar-refractivity contribution in [3.63, 3.8) is 0 Å². The number of benzene rings is 1. The molecule has 1 saturated heterocycles. The van der Waals surface area contributed by atoms with Crippen molar-refractivity contribution < 1.29 is 4.79 Å². The van der Waals surface area contributed by atoms with E-state index in [4.69, 9.17) is 0 Å². The minimum Gasteiger partial charge on any atom is -0.331 e. The van der Waals surface area contributed by atoms with Gasteiger partial charge in [-0.15, -0.1) is 0 Å². The molecule has 0 spiro atoms. The molecule has 20 heavy (non-hydrogen) atoms. The van der Waals surface area contributed by atoms with Crippen molar-refractivity contribution in [3.8, 4) is 0 Å². The summed E-state index contributed by atoms with van der Waals surface area (Å²) in [5.74, 6) is 3.16. The smallest absolute Gasteiger partial charge is 0.158 e. The number of Topliss-reactive ketones (excluding diaryl/α,β-unsaturated/α-hetero) is 1. The normalized spacial score (nSPS) is 20.4. The van der Waals surface area contributed by atoms with Gasteiger partial charge in [0.15, 0.2) is 5.78 Å². The first kappa shape index (κ1) is 13.6. The van der Waals surface area contributed by atoms with Gasteiger partial charge in [0.2, 0.25) is 0 Å². The number of carbonyl (C=O) groups is 1. The average molecular weight is 289 g/mol. The van der Waals surface area contributed by atoms with Gasteiger partial charge < -0.3 is 4.57 Å². The third-order valence-corrected chi connectivity index (χ3v) is 5.00. The minimum atomic E-state index is 0.0357. The number of carbonyl (C=O) groups excluding carboxylic acids is 1. The summed E-state index contributed by atoms with van der Waals surface area (Å²) in [5.41, 5.74) is 2.05. The highest BCUT2D eigenvalue weighted by molar-refractivity contribution is 7.99. The SMILES string of the molecule is CN1CCSCC1C(=O)Cc1nc2ccccc2n1C. The number of para-hydroxylation sites is 2. The fraction of sp³-hybridized carbons (Fsp3) is 0.467. The van der Waals surface area contributed by atoms with Crippen LogP contribution in [-0.4, -0.2) is 51.4 Å². The number of hydrogen-bond donors (Lipinski definition) is 0. The van der Waals surface area contributed by atoms with Crippen LogP contribution in [0.25, 0.3) is 11.0 Å². The van der Waals surface area contributed by atoms with Crippen molar-refractivity contribution in [2.24, 2.45) is 7.05 Å². The first-order valence-corrected chi connectivity index (χ1v) is 8.03. The second kappa shape index (κ2) is 5.58. The first-order chi connectivity index (χ1) is 9.66. The largest absolute Gasteiger partial charge is 0.331 e. The summed E-state index contributed by atoms with van der Waals surface area (Å²) in [6, 6.07) is 8.05. The van der Waals surface area contributed by atoms with Gasteiger partial charge >= 0.3 is 0 Å². The van der Waals surface area contributed by atoms with Crippen LogP contribution in [0.4, 0.5) is 0 Å². The highest BCUT2D eigenvalue weighted by Gasteiger charge is 2.27. The van der Waals surface area contributed by atoms with Crippen LogP contribution in [0.1, 0.15) is 5.82 Å². The lowest BCUT2D eigenvalue weighted by Gasteiger charge is -2.30. The molecule has 2 heterocycles. The Morgan fingerprint density at radius 3 is 2.95 bits per heavy atom. The molecule has 1 fully saturated rings. The Morgan fingerprint density at radius 2 is 2.20 bits per heavy atom. The van der Waals surface area contributed by atoms with Crippen LogP contribution in [0.5, 0.6) is 0 Å². The molecule has 0 radical (unpaired) electrons. The van der Waals surface area contributed by atoms with E-state index in [1.54, 1.807) is 0 Å². The number of imidazole rings is 1. The minimum absolute atomic E-state index is 0.0357. The maximum absolute atomic E-state index is 12.5. The molecule has 0 N–H and O–H groups in total. The first-order valence-electron chi connectivity index (χ1n) is 6.88. The predicted molar refractivity (Wildman–Crippen MR) is 83.2 cm³/mol. The molecule has 3 rings (SSSR count). The lowest BCUT2D eigenvalue weighted by molar-refractivity contribution is -0.122. The van der Waals surface area contributed by atoms with E-state index in [1.807, 2.05) is 54.7 Å². The van der Waals surface area contributed by atoms with Gasteiger partial charge in [0.05, 0.1) is 23.5 Å². The molecule has 1 unspecified atom stereocenters. The number of rotatable bonds is 3. The standard InChI is InChI=1S/C15H19N3OS/c1-17-7-8-20-10-13(17)14(19)9-15-16-11-5-3-4-6-12(11)18(15)2/h3-6,13H,7-10H2,1-2H3. The predicted octanol–water partition coefficient (Wildman–Crippen LogP) is 1.73. The number of thioether (sulfide) groups is 1. The monoisotopic (exact) mass is 289 g/mol. The fourth-order valence-corrected chi connectivity index (χ4v) is 3.90. The summed E-state index contributed by atoms with van der Waals surface area (Å²) >= 11 is 1.87. The van der Waals surface area contributed by atoms with Crippen molar-refractivity contribution >= 4 is 28.6 Å².